The van der Waals surface area contributed by atoms with Crippen LogP contribution in [0.3, 0.4) is 0 Å². The second-order valence-corrected chi connectivity index (χ2v) is 22.2. The number of unbranched alkanes of at least 4 members (excludes halogenated alkanes) is 1. The molecule has 4 N–H and O–H groups in total. The second kappa shape index (κ2) is 26.8. The molecule has 7 atom stereocenters. The number of amides is 7. The van der Waals surface area contributed by atoms with Crippen molar-refractivity contribution < 1.29 is 64.6 Å². The summed E-state index contributed by atoms with van der Waals surface area (Å²) >= 11 is 12.9. The quantitative estimate of drug-likeness (QED) is 0.110. The van der Waals surface area contributed by atoms with Gasteiger partial charge in [0.25, 0.3) is 5.92 Å². The number of morpholine rings is 1. The van der Waals surface area contributed by atoms with Crippen LogP contribution in [-0.4, -0.2) is 175 Å². The van der Waals surface area contributed by atoms with Crippen LogP contribution in [0.5, 0.6) is 0 Å². The van der Waals surface area contributed by atoms with Crippen LogP contribution in [0.4, 0.5) is 26.3 Å². The summed E-state index contributed by atoms with van der Waals surface area (Å²) in [6.07, 6.45) is -10.5. The minimum absolute atomic E-state index is 0.0152. The minimum Gasteiger partial charge on any atom is -0.379 e. The van der Waals surface area contributed by atoms with Crippen molar-refractivity contribution >= 4 is 64.6 Å². The van der Waals surface area contributed by atoms with Crippen molar-refractivity contribution in [1.29, 1.82) is 0 Å². The summed E-state index contributed by atoms with van der Waals surface area (Å²) in [5, 5.41) is 11.7. The molecule has 4 fully saturated rings. The van der Waals surface area contributed by atoms with E-state index in [0.29, 0.717) is 67.6 Å². The molecule has 3 saturated heterocycles. The highest BCUT2D eigenvalue weighted by Gasteiger charge is 2.75. The van der Waals surface area contributed by atoms with Crippen LogP contribution < -0.4 is 21.3 Å². The fourth-order valence-corrected chi connectivity index (χ4v) is 10.7. The Morgan fingerprint density at radius 1 is 0.933 bits per heavy atom. The molecule has 24 heteroatoms. The van der Waals surface area contributed by atoms with Crippen LogP contribution in [0.1, 0.15) is 111 Å². The number of hydrogen-bond donors (Lipinski definition) is 4. The van der Waals surface area contributed by atoms with Gasteiger partial charge in [-0.15, -0.1) is 0 Å². The first-order valence-corrected chi connectivity index (χ1v) is 26.8. The summed E-state index contributed by atoms with van der Waals surface area (Å²) in [6.45, 7) is 10.9. The van der Waals surface area contributed by atoms with Gasteiger partial charge in [0.05, 0.1) is 19.8 Å². The van der Waals surface area contributed by atoms with Crippen LogP contribution >= 0.6 is 23.2 Å². The van der Waals surface area contributed by atoms with E-state index in [0.717, 1.165) is 0 Å². The van der Waals surface area contributed by atoms with E-state index in [4.69, 9.17) is 27.9 Å². The lowest BCUT2D eigenvalue weighted by Gasteiger charge is -2.48. The number of nitrogens with one attached hydrogen (secondary N) is 4. The van der Waals surface area contributed by atoms with E-state index in [1.165, 1.54) is 16.8 Å². The van der Waals surface area contributed by atoms with Gasteiger partial charge in [-0.1, -0.05) is 57.8 Å². The van der Waals surface area contributed by atoms with Crippen LogP contribution in [-0.2, 0) is 44.7 Å². The van der Waals surface area contributed by atoms with Gasteiger partial charge in [0.1, 0.15) is 42.4 Å². The number of carbonyl (C=O) groups excluding carboxylic acids is 7. The van der Waals surface area contributed by atoms with E-state index in [9.17, 15) is 45.9 Å². The SMILES string of the molecule is CC[C@H]1NC(=O)[C@H](Cc2cc(Cl)ccc2Cl)N(C)C(=O)[C@H](CC(C)C)NC(=O)[C@@H](N(CC(C)C)C(=O)[C@H](CCCCN2CCOCC2)NC(=O)[C@@H]2C[C@@H](F)CN2C(=O)C2(C(F)(F)F)CC(F)(F)C2)CCCCNC1=O. The van der Waals surface area contributed by atoms with Crippen molar-refractivity contribution in [3.05, 3.63) is 33.8 Å². The standard InChI is InChI=1S/C51H74Cl2F6N8O8/c1-7-36-42(68)60-16-10-8-13-39(43(69)63-38(22-30(2)3)46(72)64(6)40(44(70)61-36)24-32-23-33(52)14-15-35(32)53)66(26-31(4)5)47(73)37(12-9-11-17-65-18-20-75-21-19-65)62-45(71)41-25-34(54)27-67(41)48(74)49(51(57,58)59)28-50(55,56)29-49/h14-15,23,30-31,34,36-41H,7-13,16-22,24-29H2,1-6H3,(H,60,68)(H,61,70)(H,62,71)(H,63,69)/t34-,36-,37+,38+,39+,40+,41+/m1/s1. The molecule has 16 nitrogen and oxygen atoms in total. The Bertz CT molecular complexity index is 2180. The molecular formula is C51H74Cl2F6N8O8. The number of hydrogen-bond acceptors (Lipinski definition) is 9. The maximum absolute atomic E-state index is 15.3. The van der Waals surface area contributed by atoms with E-state index < -0.39 is 127 Å². The van der Waals surface area contributed by atoms with Crippen molar-refractivity contribution in [3.63, 3.8) is 0 Å². The predicted octanol–water partition coefficient (Wildman–Crippen LogP) is 5.85. The molecule has 0 spiro atoms. The highest BCUT2D eigenvalue weighted by molar-refractivity contribution is 6.33. The van der Waals surface area contributed by atoms with Gasteiger partial charge in [-0.25, -0.2) is 13.2 Å². The molecule has 0 bridgehead atoms. The highest BCUT2D eigenvalue weighted by atomic mass is 35.5. The molecular weight excluding hydrogens is 1040 g/mol. The number of carbonyl (C=O) groups is 7. The lowest BCUT2D eigenvalue weighted by molar-refractivity contribution is -0.299. The topological polar surface area (TPSA) is 190 Å². The number of likely N-dealkylation sites (N-methyl/N-ethyl adjacent to an activating group) is 1. The molecule has 422 valence electrons. The lowest BCUT2D eigenvalue weighted by atomic mass is 9.64. The number of likely N-dealkylation sites (tertiary alicyclic amines) is 1. The normalized spacial score (nSPS) is 25.8. The Hall–Kier alpha value is -4.41. The molecule has 4 aliphatic rings. The molecule has 1 aromatic rings. The first-order chi connectivity index (χ1) is 35.2. The van der Waals surface area contributed by atoms with Gasteiger partial charge in [-0.3, -0.25) is 38.5 Å². The molecule has 0 aromatic heterocycles. The third-order valence-electron chi connectivity index (χ3n) is 14.5. The zero-order valence-corrected chi connectivity index (χ0v) is 45.2. The Morgan fingerprint density at radius 3 is 2.21 bits per heavy atom. The number of halogens is 8. The maximum Gasteiger partial charge on any atom is 0.403 e. The fourth-order valence-electron chi connectivity index (χ4n) is 10.4. The molecule has 1 aromatic carbocycles. The molecule has 1 saturated carbocycles. The molecule has 1 aliphatic carbocycles. The highest BCUT2D eigenvalue weighted by Crippen LogP contribution is 2.61. The third-order valence-corrected chi connectivity index (χ3v) is 15.1. The van der Waals surface area contributed by atoms with Crippen LogP contribution in [0.15, 0.2) is 18.2 Å². The monoisotopic (exact) mass is 1110 g/mol. The Kier molecular flexibility index (Phi) is 21.9. The first kappa shape index (κ1) is 61.4. The summed E-state index contributed by atoms with van der Waals surface area (Å²) < 4.78 is 92.3. The number of ether oxygens (including phenoxy) is 1. The van der Waals surface area contributed by atoms with Crippen molar-refractivity contribution in [3.8, 4) is 0 Å². The summed E-state index contributed by atoms with van der Waals surface area (Å²) in [5.74, 6) is -10.7. The third kappa shape index (κ3) is 16.1. The van der Waals surface area contributed by atoms with E-state index in [1.807, 2.05) is 13.8 Å². The number of nitrogens with zero attached hydrogens (tertiary/aromatic N) is 4. The van der Waals surface area contributed by atoms with Crippen LogP contribution in [0, 0.1) is 17.3 Å². The average Bonchev–Trinajstić information content (AvgIpc) is 3.73. The van der Waals surface area contributed by atoms with Gasteiger partial charge >= 0.3 is 6.18 Å². The van der Waals surface area contributed by atoms with Gasteiger partial charge in [-0.05, 0) is 93.5 Å². The van der Waals surface area contributed by atoms with E-state index in [2.05, 4.69) is 26.2 Å². The smallest absolute Gasteiger partial charge is 0.379 e. The summed E-state index contributed by atoms with van der Waals surface area (Å²) in [5.41, 5.74) is -3.11. The molecule has 7 amide bonds. The largest absolute Gasteiger partial charge is 0.403 e. The molecule has 0 unspecified atom stereocenters. The Morgan fingerprint density at radius 2 is 1.60 bits per heavy atom. The average molecular weight is 1110 g/mol. The maximum atomic E-state index is 15.3. The number of benzene rings is 1. The van der Waals surface area contributed by atoms with Gasteiger partial charge in [0.15, 0.2) is 5.41 Å². The molecule has 75 heavy (non-hydrogen) atoms. The van der Waals surface area contributed by atoms with Gasteiger partial charge < -0.3 is 40.7 Å². The lowest BCUT2D eigenvalue weighted by Crippen LogP contribution is -2.65. The van der Waals surface area contributed by atoms with Crippen molar-refractivity contribution in [1.82, 2.24) is 40.9 Å². The van der Waals surface area contributed by atoms with Crippen molar-refractivity contribution in [2.45, 2.75) is 166 Å². The van der Waals surface area contributed by atoms with Crippen molar-refractivity contribution in [2.24, 2.45) is 17.3 Å². The zero-order chi connectivity index (χ0) is 55.6. The van der Waals surface area contributed by atoms with E-state index in [1.54, 1.807) is 39.0 Å². The second-order valence-electron chi connectivity index (χ2n) is 21.4. The van der Waals surface area contributed by atoms with Gasteiger partial charge in [-0.2, -0.15) is 13.2 Å². The first-order valence-electron chi connectivity index (χ1n) is 26.1. The van der Waals surface area contributed by atoms with Gasteiger partial charge in [0, 0.05) is 69.0 Å². The predicted molar refractivity (Wildman–Crippen MR) is 268 cm³/mol. The molecule has 5 rings (SSSR count). The fraction of sp³-hybridized carbons (Fsp3) is 0.745. The summed E-state index contributed by atoms with van der Waals surface area (Å²) in [6, 6.07) is -3.59. The minimum atomic E-state index is -5.44. The number of alkyl halides is 6. The van der Waals surface area contributed by atoms with Gasteiger partial charge in [0.2, 0.25) is 41.4 Å². The number of rotatable bonds is 17. The van der Waals surface area contributed by atoms with E-state index >= 15 is 14.0 Å². The van der Waals surface area contributed by atoms with Crippen LogP contribution in [0.25, 0.3) is 0 Å². The summed E-state index contributed by atoms with van der Waals surface area (Å²) in [7, 11) is 1.39. The van der Waals surface area contributed by atoms with Crippen molar-refractivity contribution in [2.75, 3.05) is 59.5 Å². The summed E-state index contributed by atoms with van der Waals surface area (Å²) in [4.78, 5) is 106. The van der Waals surface area contributed by atoms with Crippen LogP contribution in [0.2, 0.25) is 10.0 Å². The Labute approximate surface area is 445 Å². The Balaban J connectivity index is 1.52. The zero-order valence-electron chi connectivity index (χ0n) is 43.6. The molecule has 3 heterocycles. The van der Waals surface area contributed by atoms with E-state index in [-0.39, 0.29) is 68.5 Å². The molecule has 0 radical (unpaired) electrons. The molecule has 3 aliphatic heterocycles.